The largest absolute Gasteiger partial charge is 0.497 e. The summed E-state index contributed by atoms with van der Waals surface area (Å²) >= 11 is 0. The topological polar surface area (TPSA) is 55.8 Å². The van der Waals surface area contributed by atoms with Gasteiger partial charge < -0.3 is 14.6 Å². The van der Waals surface area contributed by atoms with Crippen LogP contribution in [0.15, 0.2) is 78.9 Å². The monoisotopic (exact) mass is 346 g/mol. The van der Waals surface area contributed by atoms with Gasteiger partial charge in [-0.15, -0.1) is 0 Å². The minimum absolute atomic E-state index is 0.369. The standard InChI is InChI=1S/C22H18O4/c1-25-17-13-11-15(12-14-17)21-22(24,16-7-3-2-4-8-16)20(23)18-9-5-6-10-19(18)26-21/h2-14,21,24H,1H3. The molecule has 3 aromatic rings. The summed E-state index contributed by atoms with van der Waals surface area (Å²) in [6.45, 7) is 0. The Labute approximate surface area is 151 Å². The third-order valence-corrected chi connectivity index (χ3v) is 4.73. The van der Waals surface area contributed by atoms with Crippen LogP contribution < -0.4 is 9.47 Å². The van der Waals surface area contributed by atoms with Gasteiger partial charge in [-0.3, -0.25) is 4.79 Å². The molecular formula is C22H18O4. The molecule has 0 radical (unpaired) electrons. The van der Waals surface area contributed by atoms with E-state index in [1.54, 1.807) is 73.8 Å². The van der Waals surface area contributed by atoms with Gasteiger partial charge in [0.05, 0.1) is 12.7 Å². The lowest BCUT2D eigenvalue weighted by atomic mass is 9.77. The van der Waals surface area contributed by atoms with Crippen molar-refractivity contribution in [2.24, 2.45) is 0 Å². The molecule has 4 nitrogen and oxygen atoms in total. The number of ether oxygens (including phenoxy) is 2. The highest BCUT2D eigenvalue weighted by Crippen LogP contribution is 2.46. The average molecular weight is 346 g/mol. The van der Waals surface area contributed by atoms with Crippen molar-refractivity contribution >= 4 is 5.78 Å². The van der Waals surface area contributed by atoms with E-state index < -0.39 is 11.7 Å². The van der Waals surface area contributed by atoms with E-state index in [-0.39, 0.29) is 5.78 Å². The molecule has 4 rings (SSSR count). The highest BCUT2D eigenvalue weighted by atomic mass is 16.5. The van der Waals surface area contributed by atoms with E-state index >= 15 is 0 Å². The van der Waals surface area contributed by atoms with Gasteiger partial charge >= 0.3 is 0 Å². The number of fused-ring (bicyclic) bond motifs is 1. The Morgan fingerprint density at radius 1 is 0.923 bits per heavy atom. The molecule has 0 fully saturated rings. The third-order valence-electron chi connectivity index (χ3n) is 4.73. The number of methoxy groups -OCH3 is 1. The summed E-state index contributed by atoms with van der Waals surface area (Å²) in [5.41, 5.74) is -0.242. The molecule has 0 saturated carbocycles. The molecule has 2 atom stereocenters. The van der Waals surface area contributed by atoms with Crippen molar-refractivity contribution in [1.82, 2.24) is 0 Å². The number of carbonyl (C=O) groups is 1. The third kappa shape index (κ3) is 2.47. The van der Waals surface area contributed by atoms with Crippen LogP contribution in [0.3, 0.4) is 0 Å². The molecule has 3 aromatic carbocycles. The van der Waals surface area contributed by atoms with Crippen LogP contribution in [0.2, 0.25) is 0 Å². The lowest BCUT2D eigenvalue weighted by Gasteiger charge is -2.39. The Bertz CT molecular complexity index is 934. The Balaban J connectivity index is 1.90. The van der Waals surface area contributed by atoms with Gasteiger partial charge in [0.15, 0.2) is 11.7 Å². The van der Waals surface area contributed by atoms with Crippen LogP contribution in [0.4, 0.5) is 0 Å². The van der Waals surface area contributed by atoms with Crippen molar-refractivity contribution in [3.05, 3.63) is 95.6 Å². The van der Waals surface area contributed by atoms with Gasteiger partial charge in [-0.2, -0.15) is 0 Å². The Hall–Kier alpha value is -3.11. The van der Waals surface area contributed by atoms with Crippen LogP contribution >= 0.6 is 0 Å². The summed E-state index contributed by atoms with van der Waals surface area (Å²) in [6.07, 6.45) is -0.863. The molecular weight excluding hydrogens is 328 g/mol. The highest BCUT2D eigenvalue weighted by Gasteiger charge is 2.52. The molecule has 4 heteroatoms. The molecule has 1 N–H and O–H groups in total. The minimum Gasteiger partial charge on any atom is -0.497 e. The number of aliphatic hydroxyl groups is 1. The molecule has 1 heterocycles. The van der Waals surface area contributed by atoms with E-state index in [0.717, 1.165) is 0 Å². The molecule has 1 aliphatic rings. The van der Waals surface area contributed by atoms with Gasteiger partial charge in [0.25, 0.3) is 0 Å². The fourth-order valence-corrected chi connectivity index (χ4v) is 3.36. The van der Waals surface area contributed by atoms with E-state index in [4.69, 9.17) is 9.47 Å². The van der Waals surface area contributed by atoms with E-state index in [0.29, 0.717) is 28.2 Å². The van der Waals surface area contributed by atoms with Crippen molar-refractivity contribution < 1.29 is 19.4 Å². The highest BCUT2D eigenvalue weighted by molar-refractivity contribution is 6.06. The van der Waals surface area contributed by atoms with E-state index in [1.165, 1.54) is 0 Å². The molecule has 0 amide bonds. The predicted octanol–water partition coefficient (Wildman–Crippen LogP) is 3.90. The second kappa shape index (κ2) is 6.32. The van der Waals surface area contributed by atoms with Crippen LogP contribution in [0.1, 0.15) is 27.6 Å². The zero-order valence-corrected chi connectivity index (χ0v) is 14.3. The fourth-order valence-electron chi connectivity index (χ4n) is 3.36. The van der Waals surface area contributed by atoms with Crippen molar-refractivity contribution in [3.8, 4) is 11.5 Å². The normalized spacial score (nSPS) is 21.6. The van der Waals surface area contributed by atoms with Gasteiger partial charge in [0.2, 0.25) is 5.78 Å². The number of ketones is 1. The van der Waals surface area contributed by atoms with Crippen LogP contribution in [0, 0.1) is 0 Å². The smallest absolute Gasteiger partial charge is 0.206 e. The second-order valence-electron chi connectivity index (χ2n) is 6.23. The first-order valence-electron chi connectivity index (χ1n) is 8.37. The molecule has 1 aliphatic heterocycles. The number of Topliss-reactive ketones (excluding diaryl/α,β-unsaturated/α-hetero) is 1. The predicted molar refractivity (Wildman–Crippen MR) is 97.5 cm³/mol. The Morgan fingerprint density at radius 3 is 2.27 bits per heavy atom. The number of benzene rings is 3. The van der Waals surface area contributed by atoms with Crippen molar-refractivity contribution in [2.75, 3.05) is 7.11 Å². The lowest BCUT2D eigenvalue weighted by molar-refractivity contribution is -0.0534. The fraction of sp³-hybridized carbons (Fsp3) is 0.136. The average Bonchev–Trinajstić information content (AvgIpc) is 2.71. The zero-order chi connectivity index (χ0) is 18.1. The minimum atomic E-state index is -1.82. The molecule has 0 bridgehead atoms. The summed E-state index contributed by atoms with van der Waals surface area (Å²) in [6, 6.07) is 23.1. The van der Waals surface area contributed by atoms with Gasteiger partial charge in [0, 0.05) is 0 Å². The summed E-state index contributed by atoms with van der Waals surface area (Å²) in [7, 11) is 1.59. The van der Waals surface area contributed by atoms with Gasteiger partial charge in [-0.25, -0.2) is 0 Å². The number of hydrogen-bond donors (Lipinski definition) is 1. The first-order chi connectivity index (χ1) is 12.6. The van der Waals surface area contributed by atoms with E-state index in [1.807, 2.05) is 12.1 Å². The number of carbonyl (C=O) groups excluding carboxylic acids is 1. The first kappa shape index (κ1) is 16.4. The zero-order valence-electron chi connectivity index (χ0n) is 14.3. The quantitative estimate of drug-likeness (QED) is 0.781. The maximum absolute atomic E-state index is 13.3. The van der Waals surface area contributed by atoms with Gasteiger partial charge in [-0.1, -0.05) is 54.6 Å². The summed E-state index contributed by atoms with van der Waals surface area (Å²) < 4.78 is 11.3. The van der Waals surface area contributed by atoms with Crippen molar-refractivity contribution in [3.63, 3.8) is 0 Å². The van der Waals surface area contributed by atoms with Gasteiger partial charge in [-0.05, 0) is 35.4 Å². The molecule has 0 aromatic heterocycles. The van der Waals surface area contributed by atoms with Crippen LogP contribution in [0.25, 0.3) is 0 Å². The van der Waals surface area contributed by atoms with E-state index in [2.05, 4.69) is 0 Å². The number of para-hydroxylation sites is 1. The Kier molecular flexibility index (Phi) is 3.98. The number of hydrogen-bond acceptors (Lipinski definition) is 4. The van der Waals surface area contributed by atoms with Crippen LogP contribution in [0.5, 0.6) is 11.5 Å². The summed E-state index contributed by atoms with van der Waals surface area (Å²) in [5.74, 6) is 0.796. The molecule has 2 unspecified atom stereocenters. The number of rotatable bonds is 3. The molecule has 0 saturated heterocycles. The van der Waals surface area contributed by atoms with Crippen molar-refractivity contribution in [2.45, 2.75) is 11.7 Å². The first-order valence-corrected chi connectivity index (χ1v) is 8.37. The maximum Gasteiger partial charge on any atom is 0.206 e. The van der Waals surface area contributed by atoms with Crippen molar-refractivity contribution in [1.29, 1.82) is 0 Å². The van der Waals surface area contributed by atoms with E-state index in [9.17, 15) is 9.90 Å². The molecule has 0 aliphatic carbocycles. The second-order valence-corrected chi connectivity index (χ2v) is 6.23. The van der Waals surface area contributed by atoms with Crippen LogP contribution in [-0.2, 0) is 5.60 Å². The summed E-state index contributed by atoms with van der Waals surface area (Å²) in [4.78, 5) is 13.3. The maximum atomic E-state index is 13.3. The Morgan fingerprint density at radius 2 is 1.58 bits per heavy atom. The summed E-state index contributed by atoms with van der Waals surface area (Å²) in [5, 5.41) is 11.6. The molecule has 0 spiro atoms. The van der Waals surface area contributed by atoms with Crippen LogP contribution in [-0.4, -0.2) is 18.0 Å². The van der Waals surface area contributed by atoms with Gasteiger partial charge in [0.1, 0.15) is 11.5 Å². The SMILES string of the molecule is COc1ccc(C2Oc3ccccc3C(=O)C2(O)c2ccccc2)cc1. The molecule has 26 heavy (non-hydrogen) atoms. The molecule has 130 valence electrons. The lowest BCUT2D eigenvalue weighted by Crippen LogP contribution is -2.47.